The number of aromatic nitrogens is 1. The Hall–Kier alpha value is -3.54. The van der Waals surface area contributed by atoms with E-state index in [4.69, 9.17) is 9.47 Å². The van der Waals surface area contributed by atoms with Gasteiger partial charge in [0.05, 0.1) is 25.8 Å². The van der Waals surface area contributed by atoms with Crippen molar-refractivity contribution in [2.24, 2.45) is 7.05 Å². The van der Waals surface area contributed by atoms with Crippen molar-refractivity contribution >= 4 is 5.91 Å². The van der Waals surface area contributed by atoms with Crippen LogP contribution in [0, 0.1) is 0 Å². The summed E-state index contributed by atoms with van der Waals surface area (Å²) in [5.41, 5.74) is 2.38. The maximum absolute atomic E-state index is 12.4. The van der Waals surface area contributed by atoms with Crippen molar-refractivity contribution in [1.29, 1.82) is 0 Å². The van der Waals surface area contributed by atoms with Crippen LogP contribution >= 0.6 is 0 Å². The fourth-order valence-corrected chi connectivity index (χ4v) is 2.97. The number of hydrogen-bond acceptors (Lipinski definition) is 4. The third-order valence-corrected chi connectivity index (χ3v) is 4.61. The minimum absolute atomic E-state index is 0.115. The number of nitrogens with one attached hydrogen (secondary N) is 1. The smallest absolute Gasteiger partial charge is 0.224 e. The maximum Gasteiger partial charge on any atom is 0.224 e. The van der Waals surface area contributed by atoms with Crippen LogP contribution in [0.2, 0.25) is 0 Å². The van der Waals surface area contributed by atoms with Gasteiger partial charge in [0, 0.05) is 18.8 Å². The number of nitrogens with zero attached hydrogens (tertiary/aromatic N) is 1. The zero-order valence-electron chi connectivity index (χ0n) is 17.3. The molecule has 0 aliphatic carbocycles. The highest BCUT2D eigenvalue weighted by Crippen LogP contribution is 2.13. The molecular weight excluding hydrogens is 380 g/mol. The number of benzene rings is 2. The molecule has 1 N–H and O–H groups in total. The topological polar surface area (TPSA) is 69.6 Å². The van der Waals surface area contributed by atoms with Gasteiger partial charge in [-0.05, 0) is 30.2 Å². The number of hydrogen-bond donors (Lipinski definition) is 1. The molecule has 0 atom stereocenters. The molecule has 6 nitrogen and oxygen atoms in total. The molecule has 1 heterocycles. The Bertz CT molecular complexity index is 1030. The van der Waals surface area contributed by atoms with Crippen LogP contribution in [-0.4, -0.2) is 17.1 Å². The van der Waals surface area contributed by atoms with Crippen LogP contribution in [0.4, 0.5) is 0 Å². The second-order valence-electron chi connectivity index (χ2n) is 6.91. The summed E-state index contributed by atoms with van der Waals surface area (Å²) >= 11 is 0. The van der Waals surface area contributed by atoms with Crippen molar-refractivity contribution in [3.8, 4) is 11.5 Å². The Morgan fingerprint density at radius 2 is 1.73 bits per heavy atom. The fourth-order valence-electron chi connectivity index (χ4n) is 2.97. The van der Waals surface area contributed by atoms with Crippen molar-refractivity contribution in [2.75, 3.05) is 6.61 Å². The monoisotopic (exact) mass is 406 g/mol. The molecule has 0 bridgehead atoms. The van der Waals surface area contributed by atoms with Crippen LogP contribution in [0.3, 0.4) is 0 Å². The minimum atomic E-state index is -0.209. The van der Waals surface area contributed by atoms with Crippen LogP contribution in [0.15, 0.2) is 71.7 Å². The molecule has 0 spiro atoms. The lowest BCUT2D eigenvalue weighted by atomic mass is 10.1. The SMILES string of the molecule is CCOc1ccc(CC(=O)NCc2cc(=O)c(OCc3ccccc3)cn2C)cc1. The van der Waals surface area contributed by atoms with E-state index in [1.165, 1.54) is 6.07 Å². The third-order valence-electron chi connectivity index (χ3n) is 4.61. The van der Waals surface area contributed by atoms with E-state index in [1.54, 1.807) is 10.8 Å². The summed E-state index contributed by atoms with van der Waals surface area (Å²) in [5.74, 6) is 0.952. The lowest BCUT2D eigenvalue weighted by Gasteiger charge is -2.13. The van der Waals surface area contributed by atoms with E-state index in [2.05, 4.69) is 5.32 Å². The first-order chi connectivity index (χ1) is 14.5. The molecule has 1 amide bonds. The first kappa shape index (κ1) is 21.2. The van der Waals surface area contributed by atoms with Crippen molar-refractivity contribution in [2.45, 2.75) is 26.5 Å². The molecule has 0 unspecified atom stereocenters. The highest BCUT2D eigenvalue weighted by Gasteiger charge is 2.09. The van der Waals surface area contributed by atoms with Gasteiger partial charge < -0.3 is 19.4 Å². The molecule has 6 heteroatoms. The summed E-state index contributed by atoms with van der Waals surface area (Å²) in [4.78, 5) is 24.6. The average molecular weight is 406 g/mol. The van der Waals surface area contributed by atoms with Gasteiger partial charge in [-0.1, -0.05) is 42.5 Å². The maximum atomic E-state index is 12.4. The summed E-state index contributed by atoms with van der Waals surface area (Å²) in [6.07, 6.45) is 1.91. The number of pyridine rings is 1. The van der Waals surface area contributed by atoms with Gasteiger partial charge in [-0.25, -0.2) is 0 Å². The van der Waals surface area contributed by atoms with Gasteiger partial charge in [0.1, 0.15) is 12.4 Å². The second kappa shape index (κ2) is 10.3. The van der Waals surface area contributed by atoms with Gasteiger partial charge in [0.15, 0.2) is 5.75 Å². The normalized spacial score (nSPS) is 10.5. The molecule has 156 valence electrons. The fraction of sp³-hybridized carbons (Fsp3) is 0.250. The Morgan fingerprint density at radius 3 is 2.43 bits per heavy atom. The van der Waals surface area contributed by atoms with E-state index in [9.17, 15) is 9.59 Å². The molecule has 0 fully saturated rings. The first-order valence-corrected chi connectivity index (χ1v) is 9.90. The number of carbonyl (C=O) groups is 1. The third kappa shape index (κ3) is 5.98. The van der Waals surface area contributed by atoms with E-state index in [1.807, 2.05) is 68.6 Å². The number of amides is 1. The van der Waals surface area contributed by atoms with Gasteiger partial charge in [0.25, 0.3) is 0 Å². The molecular formula is C24H26N2O4. The molecule has 0 saturated heterocycles. The molecule has 0 aliphatic rings. The van der Waals surface area contributed by atoms with E-state index in [-0.39, 0.29) is 30.1 Å². The van der Waals surface area contributed by atoms with E-state index < -0.39 is 0 Å². The van der Waals surface area contributed by atoms with E-state index in [0.717, 1.165) is 16.9 Å². The predicted octanol–water partition coefficient (Wildman–Crippen LogP) is 3.22. The van der Waals surface area contributed by atoms with Gasteiger partial charge in [0.2, 0.25) is 11.3 Å². The summed E-state index contributed by atoms with van der Waals surface area (Å²) in [5, 5.41) is 2.86. The second-order valence-corrected chi connectivity index (χ2v) is 6.91. The minimum Gasteiger partial charge on any atom is -0.494 e. The van der Waals surface area contributed by atoms with Crippen LogP contribution < -0.4 is 20.2 Å². The molecule has 3 aromatic rings. The quantitative estimate of drug-likeness (QED) is 0.592. The lowest BCUT2D eigenvalue weighted by Crippen LogP contribution is -2.27. The number of rotatable bonds is 9. The largest absolute Gasteiger partial charge is 0.494 e. The van der Waals surface area contributed by atoms with Crippen LogP contribution in [0.5, 0.6) is 11.5 Å². The first-order valence-electron chi connectivity index (χ1n) is 9.90. The molecule has 0 radical (unpaired) electrons. The zero-order chi connectivity index (χ0) is 21.3. The summed E-state index contributed by atoms with van der Waals surface area (Å²) in [6.45, 7) is 3.13. The molecule has 3 rings (SSSR count). The van der Waals surface area contributed by atoms with Gasteiger partial charge in [-0.15, -0.1) is 0 Å². The Balaban J connectivity index is 1.55. The molecule has 0 saturated carbocycles. The summed E-state index contributed by atoms with van der Waals surface area (Å²) in [6, 6.07) is 18.6. The molecule has 1 aromatic heterocycles. The lowest BCUT2D eigenvalue weighted by molar-refractivity contribution is -0.120. The van der Waals surface area contributed by atoms with Crippen molar-refractivity contribution in [3.05, 3.63) is 93.9 Å². The van der Waals surface area contributed by atoms with Crippen LogP contribution in [-0.2, 0) is 31.4 Å². The van der Waals surface area contributed by atoms with Crippen molar-refractivity contribution < 1.29 is 14.3 Å². The Morgan fingerprint density at radius 1 is 1.00 bits per heavy atom. The Labute approximate surface area is 176 Å². The van der Waals surface area contributed by atoms with E-state index in [0.29, 0.717) is 18.9 Å². The predicted molar refractivity (Wildman–Crippen MR) is 116 cm³/mol. The number of aryl methyl sites for hydroxylation is 1. The van der Waals surface area contributed by atoms with Crippen molar-refractivity contribution in [3.63, 3.8) is 0 Å². The highest BCUT2D eigenvalue weighted by atomic mass is 16.5. The van der Waals surface area contributed by atoms with Gasteiger partial charge in [-0.3, -0.25) is 9.59 Å². The van der Waals surface area contributed by atoms with Gasteiger partial charge in [-0.2, -0.15) is 0 Å². The van der Waals surface area contributed by atoms with Crippen molar-refractivity contribution in [1.82, 2.24) is 9.88 Å². The summed E-state index contributed by atoms with van der Waals surface area (Å²) in [7, 11) is 1.82. The molecule has 0 aliphatic heterocycles. The average Bonchev–Trinajstić information content (AvgIpc) is 2.75. The summed E-state index contributed by atoms with van der Waals surface area (Å²) < 4.78 is 12.9. The van der Waals surface area contributed by atoms with Gasteiger partial charge >= 0.3 is 0 Å². The Kier molecular flexibility index (Phi) is 7.27. The zero-order valence-corrected chi connectivity index (χ0v) is 17.3. The standard InChI is InChI=1S/C24H26N2O4/c1-3-29-21-11-9-18(10-12-21)13-24(28)25-15-20-14-22(27)23(16-26(20)2)30-17-19-7-5-4-6-8-19/h4-12,14,16H,3,13,15,17H2,1-2H3,(H,25,28). The van der Waals surface area contributed by atoms with Crippen LogP contribution in [0.1, 0.15) is 23.7 Å². The molecule has 2 aromatic carbocycles. The number of ether oxygens (including phenoxy) is 2. The molecule has 30 heavy (non-hydrogen) atoms. The number of carbonyl (C=O) groups excluding carboxylic acids is 1. The van der Waals surface area contributed by atoms with E-state index >= 15 is 0 Å². The van der Waals surface area contributed by atoms with Crippen LogP contribution in [0.25, 0.3) is 0 Å². The highest BCUT2D eigenvalue weighted by molar-refractivity contribution is 5.78.